The molecule has 0 saturated heterocycles. The Kier molecular flexibility index (Phi) is 3.78. The van der Waals surface area contributed by atoms with Crippen molar-refractivity contribution in [2.24, 2.45) is 0 Å². The highest BCUT2D eigenvalue weighted by Crippen LogP contribution is 2.18. The predicted molar refractivity (Wildman–Crippen MR) is 62.9 cm³/mol. The van der Waals surface area contributed by atoms with E-state index in [9.17, 15) is 4.79 Å². The van der Waals surface area contributed by atoms with Crippen molar-refractivity contribution in [2.45, 2.75) is 13.3 Å². The SMILES string of the molecule is COCC(=O)Cc1nc(-c2cnccc2C)no1. The van der Waals surface area contributed by atoms with Gasteiger partial charge in [0.25, 0.3) is 0 Å². The molecule has 6 heteroatoms. The summed E-state index contributed by atoms with van der Waals surface area (Å²) in [7, 11) is 1.47. The van der Waals surface area contributed by atoms with Gasteiger partial charge in [0.2, 0.25) is 11.7 Å². The molecule has 18 heavy (non-hydrogen) atoms. The highest BCUT2D eigenvalue weighted by Gasteiger charge is 2.13. The maximum absolute atomic E-state index is 11.4. The minimum Gasteiger partial charge on any atom is -0.377 e. The summed E-state index contributed by atoms with van der Waals surface area (Å²) in [5, 5.41) is 3.84. The summed E-state index contributed by atoms with van der Waals surface area (Å²) in [4.78, 5) is 19.5. The maximum Gasteiger partial charge on any atom is 0.234 e. The van der Waals surface area contributed by atoms with Crippen LogP contribution in [0.2, 0.25) is 0 Å². The number of Topliss-reactive ketones (excluding diaryl/α,β-unsaturated/α-hetero) is 1. The number of aromatic nitrogens is 3. The van der Waals surface area contributed by atoms with Gasteiger partial charge in [-0.3, -0.25) is 9.78 Å². The van der Waals surface area contributed by atoms with E-state index in [0.29, 0.717) is 5.82 Å². The largest absolute Gasteiger partial charge is 0.377 e. The molecule has 6 nitrogen and oxygen atoms in total. The van der Waals surface area contributed by atoms with Crippen molar-refractivity contribution >= 4 is 5.78 Å². The lowest BCUT2D eigenvalue weighted by atomic mass is 10.1. The summed E-state index contributed by atoms with van der Waals surface area (Å²) in [6, 6.07) is 1.86. The second-order valence-corrected chi connectivity index (χ2v) is 3.85. The molecule has 2 aromatic rings. The number of ketones is 1. The molecule has 0 amide bonds. The van der Waals surface area contributed by atoms with Crippen LogP contribution in [0.15, 0.2) is 23.0 Å². The standard InChI is InChI=1S/C12H13N3O3/c1-8-3-4-13-6-10(8)12-14-11(18-15-12)5-9(16)7-17-2/h3-4,6H,5,7H2,1-2H3. The van der Waals surface area contributed by atoms with Crippen molar-refractivity contribution in [3.63, 3.8) is 0 Å². The number of aryl methyl sites for hydroxylation is 1. The van der Waals surface area contributed by atoms with Gasteiger partial charge < -0.3 is 9.26 Å². The van der Waals surface area contributed by atoms with E-state index in [2.05, 4.69) is 15.1 Å². The fourth-order valence-electron chi connectivity index (χ4n) is 1.51. The highest BCUT2D eigenvalue weighted by molar-refractivity contribution is 5.81. The highest BCUT2D eigenvalue weighted by atomic mass is 16.5. The van der Waals surface area contributed by atoms with Crippen molar-refractivity contribution in [1.82, 2.24) is 15.1 Å². The molecule has 0 N–H and O–H groups in total. The summed E-state index contributed by atoms with van der Waals surface area (Å²) < 4.78 is 9.76. The lowest BCUT2D eigenvalue weighted by Crippen LogP contribution is -2.09. The molecular formula is C12H13N3O3. The third-order valence-corrected chi connectivity index (χ3v) is 2.40. The van der Waals surface area contributed by atoms with Gasteiger partial charge in [0, 0.05) is 25.1 Å². The molecule has 0 aliphatic carbocycles. The molecule has 94 valence electrons. The Bertz CT molecular complexity index is 551. The van der Waals surface area contributed by atoms with Crippen LogP contribution in [-0.2, 0) is 16.0 Å². The predicted octanol–water partition coefficient (Wildman–Crippen LogP) is 1.20. The van der Waals surface area contributed by atoms with Crippen LogP contribution in [0, 0.1) is 6.92 Å². The van der Waals surface area contributed by atoms with Crippen molar-refractivity contribution in [3.05, 3.63) is 29.9 Å². The van der Waals surface area contributed by atoms with Gasteiger partial charge in [0.05, 0.1) is 6.42 Å². The van der Waals surface area contributed by atoms with Crippen LogP contribution in [0.25, 0.3) is 11.4 Å². The Morgan fingerprint density at radius 1 is 1.50 bits per heavy atom. The lowest BCUT2D eigenvalue weighted by molar-refractivity contribution is -0.122. The molecular weight excluding hydrogens is 234 g/mol. The Morgan fingerprint density at radius 2 is 2.33 bits per heavy atom. The number of nitrogens with zero attached hydrogens (tertiary/aromatic N) is 3. The number of carbonyl (C=O) groups is 1. The first kappa shape index (κ1) is 12.4. The normalized spacial score (nSPS) is 10.6. The third-order valence-electron chi connectivity index (χ3n) is 2.40. The van der Waals surface area contributed by atoms with Crippen LogP contribution in [0.4, 0.5) is 0 Å². The number of methoxy groups -OCH3 is 1. The number of hydrogen-bond acceptors (Lipinski definition) is 6. The second-order valence-electron chi connectivity index (χ2n) is 3.85. The van der Waals surface area contributed by atoms with Crippen molar-refractivity contribution in [1.29, 1.82) is 0 Å². The molecule has 0 bridgehead atoms. The summed E-state index contributed by atoms with van der Waals surface area (Å²) in [5.74, 6) is 0.631. The molecule has 2 aromatic heterocycles. The number of ether oxygens (including phenoxy) is 1. The molecule has 0 radical (unpaired) electrons. The molecule has 2 heterocycles. The molecule has 0 aliphatic heterocycles. The zero-order chi connectivity index (χ0) is 13.0. The molecule has 0 atom stereocenters. The summed E-state index contributed by atoms with van der Waals surface area (Å²) >= 11 is 0. The van der Waals surface area contributed by atoms with Gasteiger partial charge >= 0.3 is 0 Å². The van der Waals surface area contributed by atoms with E-state index < -0.39 is 0 Å². The summed E-state index contributed by atoms with van der Waals surface area (Å²) in [5.41, 5.74) is 1.80. The van der Waals surface area contributed by atoms with Crippen LogP contribution in [0.1, 0.15) is 11.5 Å². The van der Waals surface area contributed by atoms with Gasteiger partial charge in [0.15, 0.2) is 5.78 Å². The molecule has 0 unspecified atom stereocenters. The lowest BCUT2D eigenvalue weighted by Gasteiger charge is -1.97. The van der Waals surface area contributed by atoms with E-state index >= 15 is 0 Å². The minimum atomic E-state index is -0.101. The second kappa shape index (κ2) is 5.50. The molecule has 0 saturated carbocycles. The van der Waals surface area contributed by atoms with Crippen LogP contribution in [0.3, 0.4) is 0 Å². The first-order valence-electron chi connectivity index (χ1n) is 5.45. The maximum atomic E-state index is 11.4. The van der Waals surface area contributed by atoms with Crippen LogP contribution < -0.4 is 0 Å². The van der Waals surface area contributed by atoms with Crippen molar-refractivity contribution < 1.29 is 14.1 Å². The van der Waals surface area contributed by atoms with E-state index in [1.54, 1.807) is 12.4 Å². The van der Waals surface area contributed by atoms with E-state index in [1.165, 1.54) is 7.11 Å². The van der Waals surface area contributed by atoms with E-state index in [0.717, 1.165) is 11.1 Å². The Hall–Kier alpha value is -2.08. The van der Waals surface area contributed by atoms with Crippen molar-refractivity contribution in [3.8, 4) is 11.4 Å². The zero-order valence-electron chi connectivity index (χ0n) is 10.2. The molecule has 0 aromatic carbocycles. The van der Waals surface area contributed by atoms with Gasteiger partial charge in [-0.15, -0.1) is 0 Å². The number of pyridine rings is 1. The van der Waals surface area contributed by atoms with E-state index in [-0.39, 0.29) is 24.7 Å². The first-order valence-corrected chi connectivity index (χ1v) is 5.45. The zero-order valence-corrected chi connectivity index (χ0v) is 10.2. The quantitative estimate of drug-likeness (QED) is 0.790. The van der Waals surface area contributed by atoms with Crippen molar-refractivity contribution in [2.75, 3.05) is 13.7 Å². The van der Waals surface area contributed by atoms with Gasteiger partial charge in [-0.2, -0.15) is 4.98 Å². The van der Waals surface area contributed by atoms with Crippen LogP contribution in [-0.4, -0.2) is 34.6 Å². The Morgan fingerprint density at radius 3 is 3.06 bits per heavy atom. The van der Waals surface area contributed by atoms with E-state index in [4.69, 9.17) is 9.26 Å². The van der Waals surface area contributed by atoms with Gasteiger partial charge in [0.1, 0.15) is 6.61 Å². The first-order chi connectivity index (χ1) is 8.70. The van der Waals surface area contributed by atoms with Gasteiger partial charge in [-0.1, -0.05) is 5.16 Å². The number of rotatable bonds is 5. The minimum absolute atomic E-state index is 0.0453. The molecule has 2 rings (SSSR count). The monoisotopic (exact) mass is 247 g/mol. The third kappa shape index (κ3) is 2.78. The van der Waals surface area contributed by atoms with Crippen LogP contribution in [0.5, 0.6) is 0 Å². The topological polar surface area (TPSA) is 78.1 Å². The molecule has 0 fully saturated rings. The van der Waals surface area contributed by atoms with E-state index in [1.807, 2.05) is 13.0 Å². The van der Waals surface area contributed by atoms with Gasteiger partial charge in [-0.25, -0.2) is 0 Å². The smallest absolute Gasteiger partial charge is 0.234 e. The average Bonchev–Trinajstić information content (AvgIpc) is 2.78. The number of hydrogen-bond donors (Lipinski definition) is 0. The van der Waals surface area contributed by atoms with Crippen LogP contribution >= 0.6 is 0 Å². The summed E-state index contributed by atoms with van der Waals surface area (Å²) in [6.45, 7) is 1.98. The Labute approximate surface area is 104 Å². The molecule has 0 aliphatic rings. The fourth-order valence-corrected chi connectivity index (χ4v) is 1.51. The summed E-state index contributed by atoms with van der Waals surface area (Å²) in [6.07, 6.45) is 3.45. The Balaban J connectivity index is 2.16. The molecule has 0 spiro atoms. The number of carbonyl (C=O) groups excluding carboxylic acids is 1. The fraction of sp³-hybridized carbons (Fsp3) is 0.333. The average molecular weight is 247 g/mol. The van der Waals surface area contributed by atoms with Gasteiger partial charge in [-0.05, 0) is 18.6 Å².